The van der Waals surface area contributed by atoms with E-state index in [0.717, 1.165) is 37.1 Å². The van der Waals surface area contributed by atoms with Gasteiger partial charge in [0.1, 0.15) is 6.07 Å². The van der Waals surface area contributed by atoms with Gasteiger partial charge in [-0.2, -0.15) is 10.4 Å². The number of rotatable bonds is 3. The van der Waals surface area contributed by atoms with Crippen molar-refractivity contribution in [1.29, 1.82) is 5.26 Å². The SMILES string of the molecule is N#CC(N=NC1=CC=CCC1)=NNC1=CC=CCC1. The van der Waals surface area contributed by atoms with Crippen molar-refractivity contribution in [3.05, 3.63) is 47.9 Å². The highest BCUT2D eigenvalue weighted by molar-refractivity contribution is 5.96. The van der Waals surface area contributed by atoms with Crippen LogP contribution >= 0.6 is 0 Å². The first-order chi connectivity index (χ1) is 9.38. The van der Waals surface area contributed by atoms with E-state index in [4.69, 9.17) is 5.26 Å². The van der Waals surface area contributed by atoms with Gasteiger partial charge in [-0.25, -0.2) is 0 Å². The van der Waals surface area contributed by atoms with Crippen molar-refractivity contribution in [2.24, 2.45) is 15.3 Å². The maximum Gasteiger partial charge on any atom is 0.270 e. The summed E-state index contributed by atoms with van der Waals surface area (Å²) in [5.41, 5.74) is 4.69. The second-order valence-electron chi connectivity index (χ2n) is 4.14. The predicted octanol–water partition coefficient (Wildman–Crippen LogP) is 3.33. The molecule has 0 aromatic carbocycles. The smallest absolute Gasteiger partial charge is 0.270 e. The minimum absolute atomic E-state index is 0.0332. The Morgan fingerprint density at radius 1 is 1.16 bits per heavy atom. The van der Waals surface area contributed by atoms with Crippen LogP contribution in [0, 0.1) is 11.3 Å². The van der Waals surface area contributed by atoms with Crippen LogP contribution in [0.15, 0.2) is 63.2 Å². The highest BCUT2D eigenvalue weighted by Gasteiger charge is 2.01. The lowest BCUT2D eigenvalue weighted by atomic mass is 10.1. The van der Waals surface area contributed by atoms with E-state index < -0.39 is 0 Å². The maximum absolute atomic E-state index is 8.94. The highest BCUT2D eigenvalue weighted by atomic mass is 15.3. The first kappa shape index (κ1) is 13.0. The van der Waals surface area contributed by atoms with Crippen molar-refractivity contribution in [1.82, 2.24) is 5.43 Å². The molecular formula is C14H15N5. The molecule has 2 aliphatic rings. The number of hydrogen-bond acceptors (Lipinski definition) is 4. The highest BCUT2D eigenvalue weighted by Crippen LogP contribution is 2.13. The monoisotopic (exact) mass is 253 g/mol. The molecule has 96 valence electrons. The van der Waals surface area contributed by atoms with Gasteiger partial charge in [0.05, 0.1) is 5.70 Å². The summed E-state index contributed by atoms with van der Waals surface area (Å²) in [6.07, 6.45) is 15.6. The summed E-state index contributed by atoms with van der Waals surface area (Å²) in [6.45, 7) is 0. The van der Waals surface area contributed by atoms with Crippen LogP contribution in [0.2, 0.25) is 0 Å². The molecule has 0 spiro atoms. The molecular weight excluding hydrogens is 238 g/mol. The van der Waals surface area contributed by atoms with E-state index in [9.17, 15) is 0 Å². The lowest BCUT2D eigenvalue weighted by Crippen LogP contribution is -2.09. The molecule has 0 aromatic heterocycles. The minimum atomic E-state index is 0.0332. The summed E-state index contributed by atoms with van der Waals surface area (Å²) in [4.78, 5) is 0. The molecule has 0 heterocycles. The van der Waals surface area contributed by atoms with Gasteiger partial charge in [-0.1, -0.05) is 24.3 Å². The van der Waals surface area contributed by atoms with Gasteiger partial charge in [-0.3, -0.25) is 5.43 Å². The van der Waals surface area contributed by atoms with Gasteiger partial charge in [0.25, 0.3) is 5.84 Å². The molecule has 0 bridgehead atoms. The third-order valence-corrected chi connectivity index (χ3v) is 2.68. The Bertz CT molecular complexity index is 541. The number of azo groups is 1. The van der Waals surface area contributed by atoms with Crippen LogP contribution < -0.4 is 5.43 Å². The number of hydrogen-bond donors (Lipinski definition) is 1. The van der Waals surface area contributed by atoms with E-state index in [1.54, 1.807) is 0 Å². The average Bonchev–Trinajstić information content (AvgIpc) is 2.49. The Hall–Kier alpha value is -2.48. The number of allylic oxidation sites excluding steroid dienone is 8. The normalized spacial score (nSPS) is 19.0. The molecule has 1 N–H and O–H groups in total. The molecule has 0 radical (unpaired) electrons. The van der Waals surface area contributed by atoms with Gasteiger partial charge < -0.3 is 0 Å². The zero-order valence-electron chi connectivity index (χ0n) is 10.6. The number of nitriles is 1. The second-order valence-corrected chi connectivity index (χ2v) is 4.14. The van der Waals surface area contributed by atoms with Crippen LogP contribution in [0.25, 0.3) is 0 Å². The predicted molar refractivity (Wildman–Crippen MR) is 74.0 cm³/mol. The fraction of sp³-hybridized carbons (Fsp3) is 0.286. The first-order valence-corrected chi connectivity index (χ1v) is 6.25. The van der Waals surface area contributed by atoms with Gasteiger partial charge >= 0.3 is 0 Å². The number of nitrogens with one attached hydrogen (secondary N) is 1. The minimum Gasteiger partial charge on any atom is -0.280 e. The molecule has 0 saturated carbocycles. The first-order valence-electron chi connectivity index (χ1n) is 6.25. The topological polar surface area (TPSA) is 72.9 Å². The third kappa shape index (κ3) is 4.36. The molecule has 19 heavy (non-hydrogen) atoms. The number of amidine groups is 1. The van der Waals surface area contributed by atoms with E-state index in [0.29, 0.717) is 0 Å². The van der Waals surface area contributed by atoms with Crippen molar-refractivity contribution in [2.45, 2.75) is 25.7 Å². The van der Waals surface area contributed by atoms with Crippen molar-refractivity contribution in [2.75, 3.05) is 0 Å². The summed E-state index contributed by atoms with van der Waals surface area (Å²) in [5.74, 6) is 0.0332. The van der Waals surface area contributed by atoms with E-state index in [1.807, 2.05) is 30.4 Å². The van der Waals surface area contributed by atoms with Crippen LogP contribution in [-0.2, 0) is 0 Å². The summed E-state index contributed by atoms with van der Waals surface area (Å²) in [5, 5.41) is 20.8. The lowest BCUT2D eigenvalue weighted by molar-refractivity contribution is 0.788. The molecule has 0 aromatic rings. The molecule has 0 amide bonds. The van der Waals surface area contributed by atoms with Crippen LogP contribution in [0.4, 0.5) is 0 Å². The second kappa shape index (κ2) is 7.07. The van der Waals surface area contributed by atoms with E-state index in [2.05, 4.69) is 32.9 Å². The van der Waals surface area contributed by atoms with Gasteiger partial charge in [0.2, 0.25) is 0 Å². The molecule has 5 nitrogen and oxygen atoms in total. The zero-order valence-corrected chi connectivity index (χ0v) is 10.6. The standard InChI is InChI=1S/C14H15N5/c15-11-14(18-16-12-7-3-1-4-8-12)19-17-13-9-5-2-6-10-13/h1-3,5,7,9,16H,4,6,8,10H2. The Morgan fingerprint density at radius 3 is 2.58 bits per heavy atom. The molecule has 0 atom stereocenters. The van der Waals surface area contributed by atoms with Crippen molar-refractivity contribution >= 4 is 5.84 Å². The molecule has 0 unspecified atom stereocenters. The van der Waals surface area contributed by atoms with Crippen LogP contribution in [0.5, 0.6) is 0 Å². The molecule has 5 heteroatoms. The van der Waals surface area contributed by atoms with Crippen LogP contribution in [0.3, 0.4) is 0 Å². The summed E-state index contributed by atoms with van der Waals surface area (Å²) in [6, 6.07) is 1.92. The third-order valence-electron chi connectivity index (χ3n) is 2.68. The average molecular weight is 253 g/mol. The van der Waals surface area contributed by atoms with Crippen molar-refractivity contribution in [3.8, 4) is 6.07 Å². The molecule has 2 rings (SSSR count). The molecule has 2 aliphatic carbocycles. The Kier molecular flexibility index (Phi) is 4.82. The Balaban J connectivity index is 1.96. The van der Waals surface area contributed by atoms with E-state index in [1.165, 1.54) is 0 Å². The van der Waals surface area contributed by atoms with Gasteiger partial charge in [0.15, 0.2) is 0 Å². The Labute approximate surface area is 112 Å². The summed E-state index contributed by atoms with van der Waals surface area (Å²) >= 11 is 0. The van der Waals surface area contributed by atoms with E-state index >= 15 is 0 Å². The molecule has 0 aliphatic heterocycles. The number of nitrogens with zero attached hydrogens (tertiary/aromatic N) is 4. The van der Waals surface area contributed by atoms with Crippen molar-refractivity contribution < 1.29 is 0 Å². The quantitative estimate of drug-likeness (QED) is 0.362. The zero-order chi connectivity index (χ0) is 13.3. The Morgan fingerprint density at radius 2 is 1.95 bits per heavy atom. The fourth-order valence-corrected chi connectivity index (χ4v) is 1.68. The van der Waals surface area contributed by atoms with Gasteiger partial charge in [-0.05, 0) is 37.8 Å². The largest absolute Gasteiger partial charge is 0.280 e. The summed E-state index contributed by atoms with van der Waals surface area (Å²) < 4.78 is 0. The van der Waals surface area contributed by atoms with Gasteiger partial charge in [0, 0.05) is 5.70 Å². The molecule has 0 fully saturated rings. The summed E-state index contributed by atoms with van der Waals surface area (Å²) in [7, 11) is 0. The van der Waals surface area contributed by atoms with Crippen LogP contribution in [-0.4, -0.2) is 5.84 Å². The van der Waals surface area contributed by atoms with Crippen LogP contribution in [0.1, 0.15) is 25.7 Å². The maximum atomic E-state index is 8.94. The van der Waals surface area contributed by atoms with E-state index in [-0.39, 0.29) is 5.84 Å². The number of hydrazone groups is 1. The lowest BCUT2D eigenvalue weighted by Gasteiger charge is -2.06. The molecule has 0 saturated heterocycles. The van der Waals surface area contributed by atoms with Gasteiger partial charge in [-0.15, -0.1) is 10.2 Å². The fourth-order valence-electron chi connectivity index (χ4n) is 1.68. The van der Waals surface area contributed by atoms with Crippen molar-refractivity contribution in [3.63, 3.8) is 0 Å².